The van der Waals surface area contributed by atoms with E-state index in [1.54, 1.807) is 18.2 Å². The Hall–Kier alpha value is -1.09. The lowest BCUT2D eigenvalue weighted by atomic mass is 10.2. The summed E-state index contributed by atoms with van der Waals surface area (Å²) in [7, 11) is 0.462. The van der Waals surface area contributed by atoms with Gasteiger partial charge in [0.2, 0.25) is 10.0 Å². The van der Waals surface area contributed by atoms with Crippen LogP contribution in [0.15, 0.2) is 23.1 Å². The van der Waals surface area contributed by atoms with E-state index >= 15 is 0 Å². The number of hydrogen-bond donors (Lipinski definition) is 0. The highest BCUT2D eigenvalue weighted by molar-refractivity contribution is 7.89. The van der Waals surface area contributed by atoms with Crippen LogP contribution in [0.1, 0.15) is 0 Å². The second-order valence-electron chi connectivity index (χ2n) is 4.83. The molecule has 102 valence electrons. The van der Waals surface area contributed by atoms with Crippen molar-refractivity contribution in [2.75, 3.05) is 27.2 Å². The van der Waals surface area contributed by atoms with Crippen molar-refractivity contribution in [3.63, 3.8) is 0 Å². The number of nitrogens with zero attached hydrogens (tertiary/aromatic N) is 4. The third kappa shape index (κ3) is 2.04. The SMILES string of the molecule is CN(C)C1CN(S(=O)(=O)c2cccc3nsnc23)C1. The van der Waals surface area contributed by atoms with E-state index in [-0.39, 0.29) is 4.90 Å². The Labute approximate surface area is 116 Å². The van der Waals surface area contributed by atoms with Crippen LogP contribution in [-0.4, -0.2) is 59.6 Å². The fourth-order valence-corrected chi connectivity index (χ4v) is 4.34. The highest BCUT2D eigenvalue weighted by Gasteiger charge is 2.38. The molecule has 0 unspecified atom stereocenters. The molecule has 2 heterocycles. The highest BCUT2D eigenvalue weighted by Crippen LogP contribution is 2.28. The second-order valence-corrected chi connectivity index (χ2v) is 7.26. The van der Waals surface area contributed by atoms with Crippen molar-refractivity contribution < 1.29 is 8.42 Å². The Morgan fingerprint density at radius 1 is 1.32 bits per heavy atom. The van der Waals surface area contributed by atoms with Crippen molar-refractivity contribution >= 4 is 32.8 Å². The maximum Gasteiger partial charge on any atom is 0.245 e. The molecule has 0 atom stereocenters. The van der Waals surface area contributed by atoms with Gasteiger partial charge in [-0.25, -0.2) is 8.42 Å². The second kappa shape index (κ2) is 4.48. The third-order valence-electron chi connectivity index (χ3n) is 3.43. The first kappa shape index (κ1) is 12.9. The molecule has 1 aliphatic rings. The zero-order valence-corrected chi connectivity index (χ0v) is 12.3. The third-order valence-corrected chi connectivity index (χ3v) is 5.83. The van der Waals surface area contributed by atoms with Crippen LogP contribution in [0.25, 0.3) is 11.0 Å². The molecule has 19 heavy (non-hydrogen) atoms. The number of likely N-dealkylation sites (N-methyl/N-ethyl adjacent to an activating group) is 1. The summed E-state index contributed by atoms with van der Waals surface area (Å²) in [4.78, 5) is 2.30. The Balaban J connectivity index is 1.96. The molecular formula is C11H14N4O2S2. The molecule has 0 radical (unpaired) electrons. The van der Waals surface area contributed by atoms with Crippen molar-refractivity contribution in [2.45, 2.75) is 10.9 Å². The van der Waals surface area contributed by atoms with Gasteiger partial charge in [0.25, 0.3) is 0 Å². The zero-order chi connectivity index (χ0) is 13.6. The molecule has 0 aliphatic carbocycles. The fourth-order valence-electron chi connectivity index (χ4n) is 2.07. The molecule has 1 fully saturated rings. The van der Waals surface area contributed by atoms with Gasteiger partial charge < -0.3 is 4.90 Å². The number of rotatable bonds is 3. The van der Waals surface area contributed by atoms with E-state index < -0.39 is 10.0 Å². The lowest BCUT2D eigenvalue weighted by Gasteiger charge is -2.41. The number of fused-ring (bicyclic) bond motifs is 1. The minimum absolute atomic E-state index is 0.260. The molecule has 3 rings (SSSR count). The van der Waals surface area contributed by atoms with Crippen LogP contribution in [0.2, 0.25) is 0 Å². The van der Waals surface area contributed by atoms with Crippen LogP contribution in [0.3, 0.4) is 0 Å². The van der Waals surface area contributed by atoms with Crippen molar-refractivity contribution in [2.24, 2.45) is 0 Å². The normalized spacial score (nSPS) is 18.1. The molecular weight excluding hydrogens is 284 g/mol. The molecule has 0 saturated carbocycles. The van der Waals surface area contributed by atoms with Crippen LogP contribution in [-0.2, 0) is 10.0 Å². The molecule has 1 aromatic heterocycles. The number of benzene rings is 1. The topological polar surface area (TPSA) is 66.4 Å². The quantitative estimate of drug-likeness (QED) is 0.831. The average molecular weight is 298 g/mol. The number of sulfonamides is 1. The molecule has 0 N–H and O–H groups in total. The van der Waals surface area contributed by atoms with Crippen LogP contribution in [0, 0.1) is 0 Å². The van der Waals surface area contributed by atoms with E-state index in [4.69, 9.17) is 0 Å². The molecule has 1 aliphatic heterocycles. The van der Waals surface area contributed by atoms with E-state index in [1.165, 1.54) is 4.31 Å². The highest BCUT2D eigenvalue weighted by atomic mass is 32.2. The lowest BCUT2D eigenvalue weighted by Crippen LogP contribution is -2.59. The Kier molecular flexibility index (Phi) is 3.05. The smallest absolute Gasteiger partial charge is 0.245 e. The van der Waals surface area contributed by atoms with Crippen molar-refractivity contribution in [3.8, 4) is 0 Å². The predicted molar refractivity (Wildman–Crippen MR) is 73.6 cm³/mol. The van der Waals surface area contributed by atoms with Gasteiger partial charge in [0.15, 0.2) is 0 Å². The van der Waals surface area contributed by atoms with E-state index in [9.17, 15) is 8.42 Å². The first-order chi connectivity index (χ1) is 9.00. The van der Waals surface area contributed by atoms with Crippen molar-refractivity contribution in [1.29, 1.82) is 0 Å². The Bertz CT molecular complexity index is 704. The van der Waals surface area contributed by atoms with Gasteiger partial charge in [0.05, 0.1) is 11.7 Å². The minimum Gasteiger partial charge on any atom is -0.304 e. The predicted octanol–water partition coefficient (Wildman–Crippen LogP) is 0.626. The maximum atomic E-state index is 12.5. The standard InChI is InChI=1S/C11H14N4O2S2/c1-14(2)8-6-15(7-8)19(16,17)10-5-3-4-9-11(10)13-18-12-9/h3-5,8H,6-7H2,1-2H3. The van der Waals surface area contributed by atoms with Gasteiger partial charge in [-0.3, -0.25) is 0 Å². The summed E-state index contributed by atoms with van der Waals surface area (Å²) in [5.41, 5.74) is 1.11. The monoisotopic (exact) mass is 298 g/mol. The van der Waals surface area contributed by atoms with Gasteiger partial charge in [0, 0.05) is 19.1 Å². The summed E-state index contributed by atoms with van der Waals surface area (Å²) in [6.07, 6.45) is 0. The number of aromatic nitrogens is 2. The van der Waals surface area contributed by atoms with Gasteiger partial charge in [-0.2, -0.15) is 13.1 Å². The zero-order valence-electron chi connectivity index (χ0n) is 10.6. The van der Waals surface area contributed by atoms with Gasteiger partial charge in [-0.15, -0.1) is 0 Å². The summed E-state index contributed by atoms with van der Waals surface area (Å²) in [5, 5.41) is 0. The molecule has 0 spiro atoms. The molecule has 8 heteroatoms. The summed E-state index contributed by atoms with van der Waals surface area (Å²) in [6, 6.07) is 5.38. The largest absolute Gasteiger partial charge is 0.304 e. The van der Waals surface area contributed by atoms with Crippen LogP contribution < -0.4 is 0 Å². The van der Waals surface area contributed by atoms with Crippen LogP contribution in [0.4, 0.5) is 0 Å². The molecule has 1 aromatic carbocycles. The first-order valence-corrected chi connectivity index (χ1v) is 8.05. The summed E-state index contributed by atoms with van der Waals surface area (Å²) in [5.74, 6) is 0. The van der Waals surface area contributed by atoms with Gasteiger partial charge >= 0.3 is 0 Å². The van der Waals surface area contributed by atoms with Crippen LogP contribution in [0.5, 0.6) is 0 Å². The molecule has 1 saturated heterocycles. The van der Waals surface area contributed by atoms with Gasteiger partial charge in [-0.05, 0) is 26.2 Å². The average Bonchev–Trinajstić information content (AvgIpc) is 2.72. The van der Waals surface area contributed by atoms with Crippen molar-refractivity contribution in [1.82, 2.24) is 18.0 Å². The summed E-state index contributed by atoms with van der Waals surface area (Å²) < 4.78 is 34.7. The van der Waals surface area contributed by atoms with Gasteiger partial charge in [-0.1, -0.05) is 6.07 Å². The Morgan fingerprint density at radius 3 is 2.74 bits per heavy atom. The van der Waals surface area contributed by atoms with E-state index in [0.29, 0.717) is 30.2 Å². The van der Waals surface area contributed by atoms with Gasteiger partial charge in [0.1, 0.15) is 15.9 Å². The lowest BCUT2D eigenvalue weighted by molar-refractivity contribution is 0.134. The number of hydrogen-bond acceptors (Lipinski definition) is 6. The van der Waals surface area contributed by atoms with E-state index in [1.807, 2.05) is 19.0 Å². The van der Waals surface area contributed by atoms with Crippen molar-refractivity contribution in [3.05, 3.63) is 18.2 Å². The molecule has 0 bridgehead atoms. The molecule has 0 amide bonds. The maximum absolute atomic E-state index is 12.5. The molecule has 2 aromatic rings. The van der Waals surface area contributed by atoms with E-state index in [2.05, 4.69) is 8.75 Å². The first-order valence-electron chi connectivity index (χ1n) is 5.88. The summed E-state index contributed by atoms with van der Waals surface area (Å²) >= 11 is 1.03. The minimum atomic E-state index is -3.45. The molecule has 6 nitrogen and oxygen atoms in total. The van der Waals surface area contributed by atoms with E-state index in [0.717, 1.165) is 11.7 Å². The summed E-state index contributed by atoms with van der Waals surface area (Å²) in [6.45, 7) is 1.06. The van der Waals surface area contributed by atoms with Crippen LogP contribution >= 0.6 is 11.7 Å². The Morgan fingerprint density at radius 2 is 2.05 bits per heavy atom. The fraction of sp³-hybridized carbons (Fsp3) is 0.455.